The predicted octanol–water partition coefficient (Wildman–Crippen LogP) is -4.40. The number of aliphatic hydroxyl groups excluding tert-OH is 8. The van der Waals surface area contributed by atoms with Crippen LogP contribution in [0.15, 0.2) is 23.5 Å². The summed E-state index contributed by atoms with van der Waals surface area (Å²) in [7, 11) is 1.22. The summed E-state index contributed by atoms with van der Waals surface area (Å²) < 4.78 is 32.5. The Morgan fingerprint density at radius 2 is 1.53 bits per heavy atom. The number of rotatable bonds is 8. The summed E-state index contributed by atoms with van der Waals surface area (Å²) in [6, 6.07) is 0. The first-order chi connectivity index (χ1) is 18.1. The van der Waals surface area contributed by atoms with Gasteiger partial charge in [0.25, 0.3) is 0 Å². The largest absolute Gasteiger partial charge is 0.471 e. The second-order valence-corrected chi connectivity index (χ2v) is 9.56. The number of carbonyl (C=O) groups excluding carboxylic acids is 1. The molecule has 3 heterocycles. The highest BCUT2D eigenvalue weighted by molar-refractivity contribution is 5.89. The van der Waals surface area contributed by atoms with Crippen molar-refractivity contribution in [3.63, 3.8) is 0 Å². The number of allylic oxidation sites excluding steroid dienone is 1. The number of hydrogen-bond acceptors (Lipinski definition) is 15. The van der Waals surface area contributed by atoms with Gasteiger partial charge in [-0.3, -0.25) is 0 Å². The molecule has 4 rings (SSSR count). The molecule has 8 N–H and O–H groups in total. The van der Waals surface area contributed by atoms with Crippen molar-refractivity contribution in [2.45, 2.75) is 74.1 Å². The zero-order chi connectivity index (χ0) is 27.7. The summed E-state index contributed by atoms with van der Waals surface area (Å²) in [5.74, 6) is -1.68. The molecule has 0 radical (unpaired) electrons. The average molecular weight is 551 g/mol. The first kappa shape index (κ1) is 29.3. The summed E-state index contributed by atoms with van der Waals surface area (Å²) in [6.07, 6.45) is -13.6. The molecule has 0 amide bonds. The van der Waals surface area contributed by atoms with Crippen LogP contribution in [-0.2, 0) is 33.2 Å². The highest BCUT2D eigenvalue weighted by Gasteiger charge is 2.51. The van der Waals surface area contributed by atoms with Gasteiger partial charge in [-0.1, -0.05) is 6.08 Å². The van der Waals surface area contributed by atoms with Gasteiger partial charge in [-0.25, -0.2) is 4.79 Å². The molecule has 0 spiro atoms. The summed E-state index contributed by atoms with van der Waals surface area (Å²) >= 11 is 0. The lowest BCUT2D eigenvalue weighted by atomic mass is 9.83. The van der Waals surface area contributed by atoms with Crippen molar-refractivity contribution >= 4 is 5.97 Å². The van der Waals surface area contributed by atoms with E-state index in [1.165, 1.54) is 13.4 Å². The molecule has 13 atom stereocenters. The van der Waals surface area contributed by atoms with E-state index in [1.807, 2.05) is 0 Å². The number of esters is 1. The minimum atomic E-state index is -1.76. The summed E-state index contributed by atoms with van der Waals surface area (Å²) in [5.41, 5.74) is 0.770. The minimum Gasteiger partial charge on any atom is -0.471 e. The van der Waals surface area contributed by atoms with E-state index in [-0.39, 0.29) is 12.2 Å². The van der Waals surface area contributed by atoms with Gasteiger partial charge in [0, 0.05) is 5.92 Å². The van der Waals surface area contributed by atoms with Crippen LogP contribution in [0.5, 0.6) is 0 Å². The molecular weight excluding hydrogens is 516 g/mol. The van der Waals surface area contributed by atoms with Crippen molar-refractivity contribution in [2.24, 2.45) is 11.8 Å². The second kappa shape index (κ2) is 12.2. The van der Waals surface area contributed by atoms with Crippen LogP contribution in [0.2, 0.25) is 0 Å². The van der Waals surface area contributed by atoms with E-state index in [2.05, 4.69) is 0 Å². The van der Waals surface area contributed by atoms with Gasteiger partial charge in [0.1, 0.15) is 48.8 Å². The molecule has 38 heavy (non-hydrogen) atoms. The molecule has 1 aliphatic carbocycles. The Balaban J connectivity index is 1.45. The van der Waals surface area contributed by atoms with Crippen LogP contribution in [0.4, 0.5) is 0 Å². The van der Waals surface area contributed by atoms with Crippen LogP contribution in [0.25, 0.3) is 0 Å². The van der Waals surface area contributed by atoms with Gasteiger partial charge >= 0.3 is 5.97 Å². The van der Waals surface area contributed by atoms with E-state index in [0.717, 1.165) is 0 Å². The van der Waals surface area contributed by atoms with E-state index < -0.39 is 98.7 Å². The molecule has 0 aromatic rings. The third-order valence-electron chi connectivity index (χ3n) is 7.33. The first-order valence-corrected chi connectivity index (χ1v) is 12.1. The van der Waals surface area contributed by atoms with E-state index in [0.29, 0.717) is 12.0 Å². The standard InChI is InChI=1S/C23H34O15/c1-33-20(32)10-6-34-21(13-8(4-24)2-3-9(10)13)38-23-19(31)17(29)15(27)12(37-23)7-35-22-18(30)16(28)14(26)11(5-25)36-22/h2,6,9,11-19,21-31H,3-5,7H2,1H3/t9-,11-,12-,13-,14-,15-,16+,17+,18-,19-,21+,22+,23+/m1/s1. The Morgan fingerprint density at radius 3 is 2.16 bits per heavy atom. The van der Waals surface area contributed by atoms with Crippen molar-refractivity contribution in [2.75, 3.05) is 26.9 Å². The van der Waals surface area contributed by atoms with Gasteiger partial charge in [-0.2, -0.15) is 0 Å². The van der Waals surface area contributed by atoms with Crippen molar-refractivity contribution in [3.05, 3.63) is 23.5 Å². The second-order valence-electron chi connectivity index (χ2n) is 9.56. The van der Waals surface area contributed by atoms with E-state index in [9.17, 15) is 45.6 Å². The van der Waals surface area contributed by atoms with Crippen LogP contribution >= 0.6 is 0 Å². The average Bonchev–Trinajstić information content (AvgIpc) is 3.36. The molecule has 0 aromatic carbocycles. The molecule has 2 fully saturated rings. The highest BCUT2D eigenvalue weighted by Crippen LogP contribution is 2.44. The Hall–Kier alpha value is -1.73. The molecule has 4 aliphatic rings. The lowest BCUT2D eigenvalue weighted by Crippen LogP contribution is -2.62. The fourth-order valence-corrected chi connectivity index (χ4v) is 5.11. The molecular formula is C23H34O15. The monoisotopic (exact) mass is 550 g/mol. The van der Waals surface area contributed by atoms with Crippen molar-refractivity contribution < 1.29 is 74.1 Å². The van der Waals surface area contributed by atoms with Crippen LogP contribution < -0.4 is 0 Å². The predicted molar refractivity (Wildman–Crippen MR) is 119 cm³/mol. The quantitative estimate of drug-likeness (QED) is 0.105. The fraction of sp³-hybridized carbons (Fsp3) is 0.783. The van der Waals surface area contributed by atoms with Crippen LogP contribution in [-0.4, -0.2) is 141 Å². The Bertz CT molecular complexity index is 892. The SMILES string of the molecule is COC(=O)C1=CO[C@@H](O[C@@H]2O[C@H](CO[C@H]3O[C@H](CO)[C@@H](O)[C@H](O)[C@H]3O)[C@@H](O)[C@H](O)[C@H]2O)[C@@H]2C(CO)=CC[C@H]12. The maximum Gasteiger partial charge on any atom is 0.337 e. The van der Waals surface area contributed by atoms with Gasteiger partial charge < -0.3 is 69.3 Å². The van der Waals surface area contributed by atoms with Crippen molar-refractivity contribution in [1.29, 1.82) is 0 Å². The maximum absolute atomic E-state index is 12.2. The topological polar surface area (TPSA) is 234 Å². The molecule has 3 aliphatic heterocycles. The molecule has 0 saturated carbocycles. The Labute approximate surface area is 217 Å². The smallest absolute Gasteiger partial charge is 0.337 e. The number of hydrogen-bond donors (Lipinski definition) is 8. The number of fused-ring (bicyclic) bond motifs is 1. The third-order valence-corrected chi connectivity index (χ3v) is 7.33. The lowest BCUT2D eigenvalue weighted by Gasteiger charge is -2.44. The molecule has 216 valence electrons. The summed E-state index contributed by atoms with van der Waals surface area (Å²) in [5, 5.41) is 80.5. The molecule has 0 unspecified atom stereocenters. The lowest BCUT2D eigenvalue weighted by molar-refractivity contribution is -0.352. The number of methoxy groups -OCH3 is 1. The van der Waals surface area contributed by atoms with E-state index >= 15 is 0 Å². The third kappa shape index (κ3) is 5.47. The van der Waals surface area contributed by atoms with Crippen molar-refractivity contribution in [1.82, 2.24) is 0 Å². The van der Waals surface area contributed by atoms with Crippen LogP contribution in [0.1, 0.15) is 6.42 Å². The number of aliphatic hydroxyl groups is 8. The minimum absolute atomic E-state index is 0.239. The van der Waals surface area contributed by atoms with Crippen molar-refractivity contribution in [3.8, 4) is 0 Å². The normalized spacial score (nSPS) is 45.0. The molecule has 15 heteroatoms. The zero-order valence-electron chi connectivity index (χ0n) is 20.4. The highest BCUT2D eigenvalue weighted by atomic mass is 16.8. The fourth-order valence-electron chi connectivity index (χ4n) is 5.11. The van der Waals surface area contributed by atoms with Gasteiger partial charge in [0.05, 0.1) is 44.7 Å². The van der Waals surface area contributed by atoms with Gasteiger partial charge in [0.15, 0.2) is 12.6 Å². The van der Waals surface area contributed by atoms with Crippen LogP contribution in [0.3, 0.4) is 0 Å². The summed E-state index contributed by atoms with van der Waals surface area (Å²) in [4.78, 5) is 12.2. The molecule has 0 bridgehead atoms. The Kier molecular flexibility index (Phi) is 9.39. The summed E-state index contributed by atoms with van der Waals surface area (Å²) in [6.45, 7) is -1.54. The number of ether oxygens (including phenoxy) is 6. The molecule has 2 saturated heterocycles. The van der Waals surface area contributed by atoms with Crippen LogP contribution in [0, 0.1) is 11.8 Å². The van der Waals surface area contributed by atoms with Gasteiger partial charge in [0.2, 0.25) is 6.29 Å². The first-order valence-electron chi connectivity index (χ1n) is 12.1. The number of carbonyl (C=O) groups is 1. The zero-order valence-corrected chi connectivity index (χ0v) is 20.4. The van der Waals surface area contributed by atoms with E-state index in [1.54, 1.807) is 6.08 Å². The van der Waals surface area contributed by atoms with E-state index in [4.69, 9.17) is 28.4 Å². The molecule has 15 nitrogen and oxygen atoms in total. The van der Waals surface area contributed by atoms with Gasteiger partial charge in [-0.05, 0) is 12.0 Å². The Morgan fingerprint density at radius 1 is 0.895 bits per heavy atom. The van der Waals surface area contributed by atoms with Gasteiger partial charge in [-0.15, -0.1) is 0 Å². The molecule has 0 aromatic heterocycles. The maximum atomic E-state index is 12.2.